The normalized spacial score (nSPS) is 10.6. The number of aromatic carboxylic acids is 2. The van der Waals surface area contributed by atoms with Gasteiger partial charge in [0.25, 0.3) is 0 Å². The van der Waals surface area contributed by atoms with Crippen molar-refractivity contribution in [1.82, 2.24) is 0 Å². The molecule has 36 heavy (non-hydrogen) atoms. The Hall–Kier alpha value is -4.84. The second kappa shape index (κ2) is 10.6. The predicted molar refractivity (Wildman–Crippen MR) is 140 cm³/mol. The molecular formula is C30H24O6. The molecule has 0 bridgehead atoms. The van der Waals surface area contributed by atoms with E-state index < -0.39 is 11.9 Å². The van der Waals surface area contributed by atoms with Gasteiger partial charge in [-0.2, -0.15) is 0 Å². The van der Waals surface area contributed by atoms with Gasteiger partial charge in [-0.05, 0) is 81.6 Å². The zero-order valence-corrected chi connectivity index (χ0v) is 19.4. The van der Waals surface area contributed by atoms with Crippen LogP contribution in [-0.4, -0.2) is 35.4 Å². The van der Waals surface area contributed by atoms with Crippen molar-refractivity contribution in [3.05, 3.63) is 109 Å². The summed E-state index contributed by atoms with van der Waals surface area (Å²) in [6.07, 6.45) is 3.24. The molecule has 4 aromatic rings. The highest BCUT2D eigenvalue weighted by molar-refractivity contribution is 6.00. The van der Waals surface area contributed by atoms with Crippen molar-refractivity contribution in [2.24, 2.45) is 0 Å². The minimum atomic E-state index is -1.03. The zero-order chi connectivity index (χ0) is 25.7. The molecule has 2 N–H and O–H groups in total. The lowest BCUT2D eigenvalue weighted by Gasteiger charge is -2.13. The number of carboxylic acid groups (broad SMARTS) is 2. The van der Waals surface area contributed by atoms with Gasteiger partial charge >= 0.3 is 11.9 Å². The van der Waals surface area contributed by atoms with Crippen LogP contribution in [0.4, 0.5) is 0 Å². The summed E-state index contributed by atoms with van der Waals surface area (Å²) in [5, 5.41) is 21.1. The topological polar surface area (TPSA) is 93.1 Å². The average molecular weight is 481 g/mol. The second-order valence-electron chi connectivity index (χ2n) is 8.00. The Morgan fingerprint density at radius 3 is 1.42 bits per heavy atom. The largest absolute Gasteiger partial charge is 0.490 e. The van der Waals surface area contributed by atoms with E-state index in [4.69, 9.17) is 9.47 Å². The summed E-state index contributed by atoms with van der Waals surface area (Å²) in [5.41, 5.74) is 2.86. The van der Waals surface area contributed by atoms with Crippen molar-refractivity contribution < 1.29 is 29.3 Å². The molecular weight excluding hydrogens is 456 g/mol. The predicted octanol–water partition coefficient (Wildman–Crippen LogP) is 6.70. The highest BCUT2D eigenvalue weighted by atomic mass is 16.5. The van der Waals surface area contributed by atoms with Crippen LogP contribution in [0.15, 0.2) is 98.1 Å². The SMILES string of the molecule is C=CCOc1ccc(C(=O)O)c(-c2ccc3cc(-c4cc(OCC=C)ccc4C(=O)O)ccc3c2)c1. The van der Waals surface area contributed by atoms with Gasteiger partial charge < -0.3 is 19.7 Å². The third-order valence-corrected chi connectivity index (χ3v) is 5.64. The van der Waals surface area contributed by atoms with Crippen molar-refractivity contribution in [3.8, 4) is 33.8 Å². The molecule has 0 heterocycles. The summed E-state index contributed by atoms with van der Waals surface area (Å²) in [6, 6.07) is 21.0. The molecule has 4 aromatic carbocycles. The Balaban J connectivity index is 1.78. The van der Waals surface area contributed by atoms with Crippen molar-refractivity contribution in [2.45, 2.75) is 0 Å². The fourth-order valence-electron chi connectivity index (χ4n) is 3.97. The molecule has 0 aromatic heterocycles. The number of hydrogen-bond donors (Lipinski definition) is 2. The first-order valence-corrected chi connectivity index (χ1v) is 11.2. The number of fused-ring (bicyclic) bond motifs is 1. The first-order chi connectivity index (χ1) is 17.4. The van der Waals surface area contributed by atoms with E-state index in [-0.39, 0.29) is 11.1 Å². The Labute approximate surface area is 208 Å². The van der Waals surface area contributed by atoms with Gasteiger partial charge in [0.1, 0.15) is 24.7 Å². The van der Waals surface area contributed by atoms with E-state index in [1.165, 1.54) is 12.1 Å². The number of hydrogen-bond acceptors (Lipinski definition) is 4. The molecule has 0 radical (unpaired) electrons. The molecule has 0 atom stereocenters. The van der Waals surface area contributed by atoms with Crippen molar-refractivity contribution in [1.29, 1.82) is 0 Å². The van der Waals surface area contributed by atoms with Crippen LogP contribution >= 0.6 is 0 Å². The van der Waals surface area contributed by atoms with Crippen LogP contribution in [0, 0.1) is 0 Å². The monoisotopic (exact) mass is 480 g/mol. The van der Waals surface area contributed by atoms with Gasteiger partial charge in [0.2, 0.25) is 0 Å². The quantitative estimate of drug-likeness (QED) is 0.245. The summed E-state index contributed by atoms with van der Waals surface area (Å²) in [6.45, 7) is 7.89. The molecule has 0 saturated heterocycles. The van der Waals surface area contributed by atoms with Gasteiger partial charge in [-0.15, -0.1) is 0 Å². The van der Waals surface area contributed by atoms with Crippen LogP contribution in [0.2, 0.25) is 0 Å². The molecule has 6 nitrogen and oxygen atoms in total. The summed E-state index contributed by atoms with van der Waals surface area (Å²) in [5.74, 6) is -0.971. The van der Waals surface area contributed by atoms with Crippen molar-refractivity contribution >= 4 is 22.7 Å². The maximum Gasteiger partial charge on any atom is 0.336 e. The van der Waals surface area contributed by atoms with Crippen molar-refractivity contribution in [2.75, 3.05) is 13.2 Å². The molecule has 0 saturated carbocycles. The fraction of sp³-hybridized carbons (Fsp3) is 0.0667. The number of carbonyl (C=O) groups is 2. The van der Waals surface area contributed by atoms with Gasteiger partial charge in [-0.1, -0.05) is 49.6 Å². The lowest BCUT2D eigenvalue weighted by atomic mass is 9.94. The highest BCUT2D eigenvalue weighted by Crippen LogP contribution is 2.34. The molecule has 6 heteroatoms. The van der Waals surface area contributed by atoms with Crippen LogP contribution in [0.25, 0.3) is 33.0 Å². The summed E-state index contributed by atoms with van der Waals surface area (Å²) in [7, 11) is 0. The smallest absolute Gasteiger partial charge is 0.336 e. The second-order valence-corrected chi connectivity index (χ2v) is 8.00. The van der Waals surface area contributed by atoms with Gasteiger partial charge in [0.15, 0.2) is 0 Å². The van der Waals surface area contributed by atoms with Gasteiger partial charge in [0, 0.05) is 0 Å². The maximum atomic E-state index is 11.8. The lowest BCUT2D eigenvalue weighted by molar-refractivity contribution is 0.0686. The molecule has 0 spiro atoms. The summed E-state index contributed by atoms with van der Waals surface area (Å²) < 4.78 is 11.2. The summed E-state index contributed by atoms with van der Waals surface area (Å²) >= 11 is 0. The van der Waals surface area contributed by atoms with Gasteiger partial charge in [-0.25, -0.2) is 9.59 Å². The van der Waals surface area contributed by atoms with E-state index in [1.807, 2.05) is 36.4 Å². The van der Waals surface area contributed by atoms with E-state index in [2.05, 4.69) is 13.2 Å². The summed E-state index contributed by atoms with van der Waals surface area (Å²) in [4.78, 5) is 23.7. The minimum Gasteiger partial charge on any atom is -0.490 e. The molecule has 0 aliphatic rings. The lowest BCUT2D eigenvalue weighted by Crippen LogP contribution is -2.01. The van der Waals surface area contributed by atoms with E-state index in [1.54, 1.807) is 36.4 Å². The molecule has 0 aliphatic heterocycles. The Morgan fingerprint density at radius 1 is 0.639 bits per heavy atom. The van der Waals surface area contributed by atoms with Gasteiger partial charge in [0.05, 0.1) is 11.1 Å². The van der Waals surface area contributed by atoms with Crippen molar-refractivity contribution in [3.63, 3.8) is 0 Å². The maximum absolute atomic E-state index is 11.8. The molecule has 0 fully saturated rings. The Kier molecular flexibility index (Phi) is 7.16. The van der Waals surface area contributed by atoms with Crippen LogP contribution < -0.4 is 9.47 Å². The first-order valence-electron chi connectivity index (χ1n) is 11.2. The van der Waals surface area contributed by atoms with Crippen LogP contribution in [-0.2, 0) is 0 Å². The van der Waals surface area contributed by atoms with E-state index >= 15 is 0 Å². The molecule has 0 aliphatic carbocycles. The molecule has 4 rings (SSSR count). The van der Waals surface area contributed by atoms with Crippen LogP contribution in [0.5, 0.6) is 11.5 Å². The third-order valence-electron chi connectivity index (χ3n) is 5.64. The van der Waals surface area contributed by atoms with Gasteiger partial charge in [-0.3, -0.25) is 0 Å². The number of rotatable bonds is 10. The standard InChI is InChI=1S/C30H24O6/c1-3-13-35-23-9-11-25(29(31)32)27(17-23)21-7-5-20-16-22(8-6-19(20)15-21)28-18-24(36-14-4-2)10-12-26(28)30(33)34/h3-12,15-18H,1-2,13-14H2,(H,31,32)(H,33,34). The first kappa shape index (κ1) is 24.3. The average Bonchev–Trinajstić information content (AvgIpc) is 2.89. The number of carboxylic acids is 2. The van der Waals surface area contributed by atoms with E-state index in [0.29, 0.717) is 35.8 Å². The Bertz CT molecular complexity index is 1370. The van der Waals surface area contributed by atoms with E-state index in [0.717, 1.165) is 21.9 Å². The zero-order valence-electron chi connectivity index (χ0n) is 19.4. The fourth-order valence-corrected chi connectivity index (χ4v) is 3.97. The Morgan fingerprint density at radius 2 is 1.06 bits per heavy atom. The van der Waals surface area contributed by atoms with Crippen LogP contribution in [0.1, 0.15) is 20.7 Å². The number of benzene rings is 4. The number of ether oxygens (including phenoxy) is 2. The third kappa shape index (κ3) is 5.13. The minimum absolute atomic E-state index is 0.166. The van der Waals surface area contributed by atoms with Crippen LogP contribution in [0.3, 0.4) is 0 Å². The molecule has 0 unspecified atom stereocenters. The molecule has 0 amide bonds. The molecule has 180 valence electrons. The highest BCUT2D eigenvalue weighted by Gasteiger charge is 2.16. The van der Waals surface area contributed by atoms with E-state index in [9.17, 15) is 19.8 Å².